The van der Waals surface area contributed by atoms with Crippen LogP contribution in [0.15, 0.2) is 30.6 Å². The molecule has 1 amide bonds. The number of anilines is 2. The van der Waals surface area contributed by atoms with E-state index in [2.05, 4.69) is 27.1 Å². The van der Waals surface area contributed by atoms with Crippen molar-refractivity contribution in [1.29, 1.82) is 0 Å². The van der Waals surface area contributed by atoms with Crippen LogP contribution in [-0.2, 0) is 11.2 Å². The molecule has 7 nitrogen and oxygen atoms in total. The average molecular weight is 396 g/mol. The van der Waals surface area contributed by atoms with E-state index < -0.39 is 0 Å². The number of para-hydroxylation sites is 1. The first-order chi connectivity index (χ1) is 13.9. The number of carbonyl (C=O) groups is 1. The van der Waals surface area contributed by atoms with Crippen LogP contribution in [0.5, 0.6) is 11.5 Å². The molecule has 1 N–H and O–H groups in total. The van der Waals surface area contributed by atoms with Crippen molar-refractivity contribution >= 4 is 17.5 Å². The zero-order chi connectivity index (χ0) is 20.4. The van der Waals surface area contributed by atoms with Gasteiger partial charge in [0, 0.05) is 31.1 Å². The van der Waals surface area contributed by atoms with Gasteiger partial charge in [-0.25, -0.2) is 9.97 Å². The topological polar surface area (TPSA) is 76.6 Å². The van der Waals surface area contributed by atoms with Gasteiger partial charge in [-0.1, -0.05) is 19.1 Å². The standard InChI is InChI=1S/C22H28N4O3/c1-15-7-9-26(10-8-15)19-11-18(23-14-24-19)25-20(27)13-28-17-6-4-5-16-12-22(2,3)29-21(16)17/h4-6,11,14-15H,7-10,12-13H2,1-3H3,(H,23,24,25,27). The number of nitrogens with one attached hydrogen (secondary N) is 1. The number of piperidine rings is 1. The van der Waals surface area contributed by atoms with Crippen LogP contribution in [-0.4, -0.2) is 41.2 Å². The minimum Gasteiger partial charge on any atom is -0.483 e. The molecule has 1 aromatic heterocycles. The molecule has 0 radical (unpaired) electrons. The van der Waals surface area contributed by atoms with E-state index in [0.29, 0.717) is 11.6 Å². The number of ether oxygens (including phenoxy) is 2. The fourth-order valence-corrected chi connectivity index (χ4v) is 3.85. The van der Waals surface area contributed by atoms with Crippen molar-refractivity contribution in [3.05, 3.63) is 36.2 Å². The maximum absolute atomic E-state index is 12.4. The second kappa shape index (κ2) is 7.89. The van der Waals surface area contributed by atoms with Crippen LogP contribution in [0.3, 0.4) is 0 Å². The van der Waals surface area contributed by atoms with Gasteiger partial charge in [0.05, 0.1) is 0 Å². The number of hydrogen-bond acceptors (Lipinski definition) is 6. The first-order valence-electron chi connectivity index (χ1n) is 10.2. The molecule has 2 aromatic rings. The summed E-state index contributed by atoms with van der Waals surface area (Å²) in [7, 11) is 0. The summed E-state index contributed by atoms with van der Waals surface area (Å²) in [4.78, 5) is 23.2. The van der Waals surface area contributed by atoms with Crippen LogP contribution in [0, 0.1) is 5.92 Å². The Balaban J connectivity index is 1.35. The predicted molar refractivity (Wildman–Crippen MR) is 112 cm³/mol. The highest BCUT2D eigenvalue weighted by atomic mass is 16.5. The van der Waals surface area contributed by atoms with Crippen LogP contribution in [0.2, 0.25) is 0 Å². The minimum atomic E-state index is -0.267. The molecule has 1 fully saturated rings. The number of fused-ring (bicyclic) bond motifs is 1. The van der Waals surface area contributed by atoms with Crippen LogP contribution in [0.1, 0.15) is 39.2 Å². The number of hydrogen-bond donors (Lipinski definition) is 1. The molecule has 0 unspecified atom stereocenters. The first-order valence-corrected chi connectivity index (χ1v) is 10.2. The van der Waals surface area contributed by atoms with Gasteiger partial charge >= 0.3 is 0 Å². The van der Waals surface area contributed by atoms with Gasteiger partial charge in [-0.2, -0.15) is 0 Å². The van der Waals surface area contributed by atoms with Gasteiger partial charge in [0.25, 0.3) is 5.91 Å². The molecule has 0 bridgehead atoms. The van der Waals surface area contributed by atoms with Crippen LogP contribution in [0.4, 0.5) is 11.6 Å². The molecular formula is C22H28N4O3. The lowest BCUT2D eigenvalue weighted by molar-refractivity contribution is -0.118. The summed E-state index contributed by atoms with van der Waals surface area (Å²) < 4.78 is 11.7. The van der Waals surface area contributed by atoms with E-state index in [9.17, 15) is 4.79 Å². The van der Waals surface area contributed by atoms with Crippen molar-refractivity contribution in [1.82, 2.24) is 9.97 Å². The number of nitrogens with zero attached hydrogens (tertiary/aromatic N) is 3. The van der Waals surface area contributed by atoms with Crippen LogP contribution in [0.25, 0.3) is 0 Å². The van der Waals surface area contributed by atoms with Gasteiger partial charge in [-0.05, 0) is 38.7 Å². The van der Waals surface area contributed by atoms with Gasteiger partial charge in [-0.3, -0.25) is 4.79 Å². The molecule has 2 aliphatic heterocycles. The Labute approximate surface area is 171 Å². The third kappa shape index (κ3) is 4.60. The molecule has 2 aliphatic rings. The lowest BCUT2D eigenvalue weighted by atomic mass is 9.99. The Morgan fingerprint density at radius 1 is 1.31 bits per heavy atom. The lowest BCUT2D eigenvalue weighted by Crippen LogP contribution is -2.33. The summed E-state index contributed by atoms with van der Waals surface area (Å²) >= 11 is 0. The molecule has 154 valence electrons. The van der Waals surface area contributed by atoms with Crippen molar-refractivity contribution in [3.63, 3.8) is 0 Å². The summed E-state index contributed by atoms with van der Waals surface area (Å²) in [6.45, 7) is 8.20. The molecule has 0 saturated carbocycles. The molecular weight excluding hydrogens is 368 g/mol. The van der Waals surface area contributed by atoms with E-state index in [1.165, 1.54) is 6.33 Å². The molecule has 0 spiro atoms. The highest BCUT2D eigenvalue weighted by molar-refractivity contribution is 5.91. The Bertz CT molecular complexity index is 891. The third-order valence-electron chi connectivity index (χ3n) is 5.44. The second-order valence-corrected chi connectivity index (χ2v) is 8.55. The molecule has 3 heterocycles. The number of rotatable bonds is 5. The zero-order valence-electron chi connectivity index (χ0n) is 17.3. The predicted octanol–water partition coefficient (Wildman–Crippen LogP) is 3.44. The number of benzene rings is 1. The quantitative estimate of drug-likeness (QED) is 0.834. The molecule has 29 heavy (non-hydrogen) atoms. The maximum atomic E-state index is 12.4. The largest absolute Gasteiger partial charge is 0.483 e. The molecule has 7 heteroatoms. The van der Waals surface area contributed by atoms with Crippen molar-refractivity contribution in [2.75, 3.05) is 29.9 Å². The Morgan fingerprint density at radius 2 is 2.10 bits per heavy atom. The number of amides is 1. The van der Waals surface area contributed by atoms with E-state index in [-0.39, 0.29) is 18.1 Å². The van der Waals surface area contributed by atoms with Crippen molar-refractivity contribution < 1.29 is 14.3 Å². The Morgan fingerprint density at radius 3 is 2.90 bits per heavy atom. The average Bonchev–Trinajstić information content (AvgIpc) is 3.01. The highest BCUT2D eigenvalue weighted by Gasteiger charge is 2.32. The third-order valence-corrected chi connectivity index (χ3v) is 5.44. The summed E-state index contributed by atoms with van der Waals surface area (Å²) in [5.41, 5.74) is 0.845. The van der Waals surface area contributed by atoms with Gasteiger partial charge in [0.2, 0.25) is 0 Å². The van der Waals surface area contributed by atoms with E-state index in [0.717, 1.165) is 55.4 Å². The van der Waals surface area contributed by atoms with Crippen molar-refractivity contribution in [2.24, 2.45) is 5.92 Å². The molecule has 0 aliphatic carbocycles. The Hall–Kier alpha value is -2.83. The van der Waals surface area contributed by atoms with Crippen molar-refractivity contribution in [2.45, 2.75) is 45.6 Å². The normalized spacial score (nSPS) is 18.1. The fraction of sp³-hybridized carbons (Fsp3) is 0.500. The summed E-state index contributed by atoms with van der Waals surface area (Å²) in [6, 6.07) is 7.60. The van der Waals surface area contributed by atoms with E-state index >= 15 is 0 Å². The minimum absolute atomic E-state index is 0.110. The van der Waals surface area contributed by atoms with E-state index in [1.807, 2.05) is 38.1 Å². The molecule has 4 rings (SSSR count). The molecule has 0 atom stereocenters. The first kappa shape index (κ1) is 19.5. The summed E-state index contributed by atoms with van der Waals surface area (Å²) in [6.07, 6.45) is 4.62. The summed E-state index contributed by atoms with van der Waals surface area (Å²) in [5, 5.41) is 2.80. The van der Waals surface area contributed by atoms with Crippen LogP contribution < -0.4 is 19.7 Å². The van der Waals surface area contributed by atoms with Gasteiger partial charge in [0.1, 0.15) is 23.6 Å². The zero-order valence-corrected chi connectivity index (χ0v) is 17.3. The smallest absolute Gasteiger partial charge is 0.263 e. The van der Waals surface area contributed by atoms with E-state index in [4.69, 9.17) is 9.47 Å². The summed E-state index contributed by atoms with van der Waals surface area (Å²) in [5.74, 6) is 3.13. The molecule has 1 saturated heterocycles. The molecule has 1 aromatic carbocycles. The second-order valence-electron chi connectivity index (χ2n) is 8.55. The maximum Gasteiger partial charge on any atom is 0.263 e. The monoisotopic (exact) mass is 396 g/mol. The van der Waals surface area contributed by atoms with Gasteiger partial charge in [-0.15, -0.1) is 0 Å². The van der Waals surface area contributed by atoms with Crippen LogP contribution >= 0.6 is 0 Å². The van der Waals surface area contributed by atoms with Crippen molar-refractivity contribution in [3.8, 4) is 11.5 Å². The number of aromatic nitrogens is 2. The highest BCUT2D eigenvalue weighted by Crippen LogP contribution is 2.41. The SMILES string of the molecule is CC1CCN(c2cc(NC(=O)COc3cccc4c3OC(C)(C)C4)ncn2)CC1. The van der Waals surface area contributed by atoms with Gasteiger partial charge < -0.3 is 19.7 Å². The number of carbonyl (C=O) groups excluding carboxylic acids is 1. The lowest BCUT2D eigenvalue weighted by Gasteiger charge is -2.31. The Kier molecular flexibility index (Phi) is 5.30. The van der Waals surface area contributed by atoms with E-state index in [1.54, 1.807) is 0 Å². The fourth-order valence-electron chi connectivity index (χ4n) is 3.85. The van der Waals surface area contributed by atoms with Gasteiger partial charge in [0.15, 0.2) is 18.1 Å².